The average Bonchev–Trinajstić information content (AvgIpc) is 2.27. The molecule has 0 aliphatic rings. The van der Waals surface area contributed by atoms with Crippen molar-refractivity contribution in [3.63, 3.8) is 0 Å². The summed E-state index contributed by atoms with van der Waals surface area (Å²) < 4.78 is 13.6. The van der Waals surface area contributed by atoms with Crippen LogP contribution >= 0.6 is 24.0 Å². The number of carbonyl (C=O) groups excluding carboxylic acids is 1. The molecule has 108 valence electrons. The predicted molar refractivity (Wildman–Crippen MR) is 78.5 cm³/mol. The molecule has 0 aliphatic heterocycles. The second kappa shape index (κ2) is 7.08. The molecule has 1 amide bonds. The molecule has 0 bridgehead atoms. The molecule has 19 heavy (non-hydrogen) atoms. The molecule has 0 unspecified atom stereocenters. The Bertz CT molecular complexity index is 452. The third-order valence-corrected chi connectivity index (χ3v) is 2.96. The van der Waals surface area contributed by atoms with Gasteiger partial charge in [0.2, 0.25) is 0 Å². The predicted octanol–water partition coefficient (Wildman–Crippen LogP) is 2.96. The lowest BCUT2D eigenvalue weighted by atomic mass is 9.93. The number of halogens is 3. The van der Waals surface area contributed by atoms with Crippen LogP contribution in [0.25, 0.3) is 0 Å². The van der Waals surface area contributed by atoms with Gasteiger partial charge in [0.15, 0.2) is 0 Å². The Morgan fingerprint density at radius 2 is 2.05 bits per heavy atom. The molecule has 0 fully saturated rings. The molecule has 0 saturated carbocycles. The van der Waals surface area contributed by atoms with E-state index in [4.69, 9.17) is 17.3 Å². The summed E-state index contributed by atoms with van der Waals surface area (Å²) >= 11 is 5.65. The number of hydrogen-bond acceptors (Lipinski definition) is 2. The Balaban J connectivity index is 0.00000324. The number of carbonyl (C=O) groups is 1. The van der Waals surface area contributed by atoms with Crippen molar-refractivity contribution in [3.8, 4) is 0 Å². The van der Waals surface area contributed by atoms with E-state index in [2.05, 4.69) is 0 Å². The topological polar surface area (TPSA) is 46.3 Å². The van der Waals surface area contributed by atoms with E-state index in [1.165, 1.54) is 17.0 Å². The molecule has 1 aromatic rings. The maximum absolute atomic E-state index is 13.6. The van der Waals surface area contributed by atoms with Crippen molar-refractivity contribution >= 4 is 29.9 Å². The zero-order valence-electron chi connectivity index (χ0n) is 11.2. The minimum absolute atomic E-state index is 0. The van der Waals surface area contributed by atoms with Gasteiger partial charge in [0.1, 0.15) is 5.82 Å². The van der Waals surface area contributed by atoms with Gasteiger partial charge in [-0.05, 0) is 30.2 Å². The van der Waals surface area contributed by atoms with Crippen molar-refractivity contribution in [2.24, 2.45) is 11.1 Å². The number of rotatable bonds is 4. The van der Waals surface area contributed by atoms with Gasteiger partial charge in [0.05, 0.1) is 5.56 Å². The number of benzene rings is 1. The highest BCUT2D eigenvalue weighted by atomic mass is 35.5. The van der Waals surface area contributed by atoms with Gasteiger partial charge < -0.3 is 10.6 Å². The Morgan fingerprint density at radius 1 is 1.47 bits per heavy atom. The average molecular weight is 309 g/mol. The van der Waals surface area contributed by atoms with Crippen LogP contribution in [0.15, 0.2) is 18.2 Å². The van der Waals surface area contributed by atoms with Crippen LogP contribution in [0.5, 0.6) is 0 Å². The molecule has 0 saturated heterocycles. The lowest BCUT2D eigenvalue weighted by Crippen LogP contribution is -2.40. The highest BCUT2D eigenvalue weighted by Gasteiger charge is 2.23. The lowest BCUT2D eigenvalue weighted by molar-refractivity contribution is 0.0736. The minimum Gasteiger partial charge on any atom is -0.341 e. The molecular weight excluding hydrogens is 290 g/mol. The van der Waals surface area contributed by atoms with Gasteiger partial charge in [-0.25, -0.2) is 4.39 Å². The van der Waals surface area contributed by atoms with Crippen molar-refractivity contribution in [1.82, 2.24) is 4.90 Å². The maximum atomic E-state index is 13.6. The summed E-state index contributed by atoms with van der Waals surface area (Å²) in [6, 6.07) is 4.03. The van der Waals surface area contributed by atoms with Gasteiger partial charge in [0, 0.05) is 18.6 Å². The molecule has 0 spiro atoms. The summed E-state index contributed by atoms with van der Waals surface area (Å²) in [7, 11) is 1.63. The van der Waals surface area contributed by atoms with E-state index in [0.717, 1.165) is 6.07 Å². The van der Waals surface area contributed by atoms with Crippen LogP contribution < -0.4 is 5.73 Å². The van der Waals surface area contributed by atoms with E-state index in [1.54, 1.807) is 7.05 Å². The molecule has 3 nitrogen and oxygen atoms in total. The van der Waals surface area contributed by atoms with Crippen molar-refractivity contribution in [3.05, 3.63) is 34.6 Å². The SMILES string of the molecule is CN(CC(C)(C)CN)C(=O)c1ccc(Cl)cc1F.Cl. The molecule has 0 aromatic heterocycles. The van der Waals surface area contributed by atoms with Crippen LogP contribution in [0.4, 0.5) is 4.39 Å². The maximum Gasteiger partial charge on any atom is 0.256 e. The first kappa shape index (κ1) is 18.2. The first-order valence-electron chi connectivity index (χ1n) is 5.67. The third-order valence-electron chi connectivity index (χ3n) is 2.73. The van der Waals surface area contributed by atoms with Crippen LogP contribution in [-0.2, 0) is 0 Å². The van der Waals surface area contributed by atoms with Crippen LogP contribution in [0.1, 0.15) is 24.2 Å². The monoisotopic (exact) mass is 308 g/mol. The van der Waals surface area contributed by atoms with Crippen LogP contribution in [0.3, 0.4) is 0 Å². The summed E-state index contributed by atoms with van der Waals surface area (Å²) in [5.74, 6) is -0.976. The van der Waals surface area contributed by atoms with E-state index in [0.29, 0.717) is 13.1 Å². The van der Waals surface area contributed by atoms with Crippen molar-refractivity contribution in [2.75, 3.05) is 20.1 Å². The fraction of sp³-hybridized carbons (Fsp3) is 0.462. The zero-order valence-corrected chi connectivity index (χ0v) is 12.8. The van der Waals surface area contributed by atoms with Crippen molar-refractivity contribution in [1.29, 1.82) is 0 Å². The fourth-order valence-electron chi connectivity index (χ4n) is 1.65. The number of amides is 1. The molecule has 0 atom stereocenters. The van der Waals surface area contributed by atoms with Gasteiger partial charge in [-0.1, -0.05) is 25.4 Å². The van der Waals surface area contributed by atoms with Gasteiger partial charge in [0.25, 0.3) is 5.91 Å². The van der Waals surface area contributed by atoms with Crippen molar-refractivity contribution < 1.29 is 9.18 Å². The largest absolute Gasteiger partial charge is 0.341 e. The normalized spacial score (nSPS) is 10.8. The first-order valence-corrected chi connectivity index (χ1v) is 6.05. The van der Waals surface area contributed by atoms with Crippen LogP contribution in [-0.4, -0.2) is 30.9 Å². The number of nitrogens with two attached hydrogens (primary N) is 1. The minimum atomic E-state index is -0.607. The second-order valence-electron chi connectivity index (χ2n) is 5.15. The number of nitrogens with zero attached hydrogens (tertiary/aromatic N) is 1. The Labute approximate surface area is 124 Å². The molecule has 0 heterocycles. The van der Waals surface area contributed by atoms with Gasteiger partial charge >= 0.3 is 0 Å². The van der Waals surface area contributed by atoms with Crippen molar-refractivity contribution in [2.45, 2.75) is 13.8 Å². The van der Waals surface area contributed by atoms with E-state index >= 15 is 0 Å². The van der Waals surface area contributed by atoms with E-state index < -0.39 is 5.82 Å². The Morgan fingerprint density at radius 3 is 2.53 bits per heavy atom. The second-order valence-corrected chi connectivity index (χ2v) is 5.59. The molecule has 2 N–H and O–H groups in total. The molecule has 1 rings (SSSR count). The van der Waals surface area contributed by atoms with Gasteiger partial charge in [-0.2, -0.15) is 0 Å². The highest BCUT2D eigenvalue weighted by molar-refractivity contribution is 6.30. The molecule has 1 aromatic carbocycles. The summed E-state index contributed by atoms with van der Waals surface area (Å²) in [6.45, 7) is 4.82. The molecular formula is C13H19Cl2FN2O. The first-order chi connectivity index (χ1) is 8.26. The van der Waals surface area contributed by atoms with Gasteiger partial charge in [-0.15, -0.1) is 12.4 Å². The Kier molecular flexibility index (Phi) is 6.77. The van der Waals surface area contributed by atoms with Crippen LogP contribution in [0, 0.1) is 11.2 Å². The fourth-order valence-corrected chi connectivity index (χ4v) is 1.81. The smallest absolute Gasteiger partial charge is 0.256 e. The zero-order chi connectivity index (χ0) is 13.9. The number of hydrogen-bond donors (Lipinski definition) is 1. The molecule has 6 heteroatoms. The highest BCUT2D eigenvalue weighted by Crippen LogP contribution is 2.19. The third kappa shape index (κ3) is 4.97. The van der Waals surface area contributed by atoms with Crippen LogP contribution in [0.2, 0.25) is 5.02 Å². The van der Waals surface area contributed by atoms with E-state index in [-0.39, 0.29) is 34.3 Å². The quantitative estimate of drug-likeness (QED) is 0.929. The van der Waals surface area contributed by atoms with E-state index in [1.807, 2.05) is 13.8 Å². The van der Waals surface area contributed by atoms with Gasteiger partial charge in [-0.3, -0.25) is 4.79 Å². The lowest BCUT2D eigenvalue weighted by Gasteiger charge is -2.29. The summed E-state index contributed by atoms with van der Waals surface area (Å²) in [6.07, 6.45) is 0. The summed E-state index contributed by atoms with van der Waals surface area (Å²) in [4.78, 5) is 13.5. The molecule has 0 aliphatic carbocycles. The summed E-state index contributed by atoms with van der Waals surface area (Å²) in [5, 5.41) is 0.272. The Hall–Kier alpha value is -0.840. The van der Waals surface area contributed by atoms with E-state index in [9.17, 15) is 9.18 Å². The standard InChI is InChI=1S/C13H18ClFN2O.ClH/c1-13(2,7-16)8-17(3)12(18)10-5-4-9(14)6-11(10)15;/h4-6H,7-8,16H2,1-3H3;1H. The summed E-state index contributed by atoms with van der Waals surface area (Å²) in [5.41, 5.74) is 5.44. The molecule has 0 radical (unpaired) electrons.